The number of sulfonamides is 1. The predicted octanol–water partition coefficient (Wildman–Crippen LogP) is 2.24. The van der Waals surface area contributed by atoms with E-state index in [1.807, 2.05) is 0 Å². The summed E-state index contributed by atoms with van der Waals surface area (Å²) in [6, 6.07) is 6.15. The first kappa shape index (κ1) is 15.3. The van der Waals surface area contributed by atoms with Crippen molar-refractivity contribution < 1.29 is 27.3 Å². The number of quaternary nitrogens is 1. The van der Waals surface area contributed by atoms with Gasteiger partial charge in [-0.2, -0.15) is 0 Å². The summed E-state index contributed by atoms with van der Waals surface area (Å²) in [5.41, 5.74) is 3.04. The Balaban J connectivity index is 2.48. The Bertz CT molecular complexity index is 759. The largest absolute Gasteiger partial charge is 0.568 e. The van der Waals surface area contributed by atoms with Gasteiger partial charge >= 0.3 is 0 Å². The lowest BCUT2D eigenvalue weighted by Gasteiger charge is -2.23. The summed E-state index contributed by atoms with van der Waals surface area (Å²) >= 11 is 0. The molecule has 0 fully saturated rings. The van der Waals surface area contributed by atoms with E-state index in [9.17, 15) is 21.6 Å². The minimum Gasteiger partial charge on any atom is -0.568 e. The van der Waals surface area contributed by atoms with Crippen LogP contribution in [0, 0.1) is 17.5 Å². The molecule has 0 aliphatic carbocycles. The van der Waals surface area contributed by atoms with Crippen molar-refractivity contribution in [3.63, 3.8) is 0 Å². The molecule has 0 unspecified atom stereocenters. The second-order valence-corrected chi connectivity index (χ2v) is 5.72. The van der Waals surface area contributed by atoms with Crippen LogP contribution in [0.5, 0.6) is 0 Å². The van der Waals surface area contributed by atoms with Crippen LogP contribution in [0.1, 0.15) is 5.56 Å². The molecule has 0 bridgehead atoms. The van der Waals surface area contributed by atoms with Gasteiger partial charge in [-0.15, -0.1) is 0 Å². The third-order valence-electron chi connectivity index (χ3n) is 2.71. The number of hydrogen-bond donors (Lipinski definition) is 1. The van der Waals surface area contributed by atoms with Crippen LogP contribution < -0.4 is 5.73 Å². The van der Waals surface area contributed by atoms with Gasteiger partial charge in [0.25, 0.3) is 0 Å². The fourth-order valence-corrected chi connectivity index (χ4v) is 2.77. The monoisotopic (exact) mass is 316 g/mol. The molecule has 3 N–H and O–H groups in total. The Labute approximate surface area is 119 Å². The average Bonchev–Trinajstić information content (AvgIpc) is 2.43. The third kappa shape index (κ3) is 3.17. The summed E-state index contributed by atoms with van der Waals surface area (Å²) in [4.78, 5) is -0.744. The molecular weight excluding hydrogens is 305 g/mol. The van der Waals surface area contributed by atoms with Gasteiger partial charge in [-0.05, 0) is 24.3 Å². The Kier molecular flexibility index (Phi) is 4.19. The summed E-state index contributed by atoms with van der Waals surface area (Å²) in [7, 11) is -4.58. The van der Waals surface area contributed by atoms with Crippen LogP contribution in [0.15, 0.2) is 41.3 Å². The van der Waals surface area contributed by atoms with Crippen LogP contribution >= 0.6 is 0 Å². The Hall–Kier alpha value is -2.06. The highest BCUT2D eigenvalue weighted by molar-refractivity contribution is 7.94. The zero-order valence-corrected chi connectivity index (χ0v) is 11.5. The van der Waals surface area contributed by atoms with Gasteiger partial charge in [-0.25, -0.2) is 21.6 Å². The minimum absolute atomic E-state index is 0.233. The molecule has 21 heavy (non-hydrogen) atoms. The van der Waals surface area contributed by atoms with E-state index >= 15 is 0 Å². The van der Waals surface area contributed by atoms with Gasteiger partial charge in [0.15, 0.2) is 0 Å². The number of rotatable bonds is 4. The van der Waals surface area contributed by atoms with Crippen molar-refractivity contribution in [3.05, 3.63) is 64.1 Å². The van der Waals surface area contributed by atoms with E-state index in [0.717, 1.165) is 30.3 Å². The van der Waals surface area contributed by atoms with E-state index in [-0.39, 0.29) is 6.54 Å². The fourth-order valence-electron chi connectivity index (χ4n) is 1.65. The molecule has 0 saturated heterocycles. The van der Waals surface area contributed by atoms with E-state index in [4.69, 9.17) is 0 Å². The Morgan fingerprint density at radius 2 is 1.62 bits per heavy atom. The predicted molar refractivity (Wildman–Crippen MR) is 69.6 cm³/mol. The van der Waals surface area contributed by atoms with E-state index in [2.05, 4.69) is 10.5 Å². The van der Waals surface area contributed by atoms with Crippen molar-refractivity contribution in [2.45, 2.75) is 11.4 Å². The van der Waals surface area contributed by atoms with E-state index in [1.165, 1.54) is 6.07 Å². The van der Waals surface area contributed by atoms with Crippen LogP contribution in [0.25, 0.3) is 4.72 Å². The summed E-state index contributed by atoms with van der Waals surface area (Å²) in [6.07, 6.45) is 0. The van der Waals surface area contributed by atoms with E-state index < -0.39 is 38.1 Å². The maximum absolute atomic E-state index is 13.7. The molecule has 0 radical (unpaired) electrons. The van der Waals surface area contributed by atoms with Crippen molar-refractivity contribution in [2.75, 3.05) is 0 Å². The molecule has 2 rings (SSSR count). The maximum atomic E-state index is 13.7. The molecule has 112 valence electrons. The summed E-state index contributed by atoms with van der Waals surface area (Å²) in [5.74, 6) is -3.34. The molecule has 0 saturated carbocycles. The second kappa shape index (κ2) is 5.74. The topological polar surface area (TPSA) is 75.9 Å². The van der Waals surface area contributed by atoms with Crippen molar-refractivity contribution in [2.24, 2.45) is 0 Å². The highest BCUT2D eigenvalue weighted by Gasteiger charge is 2.14. The highest BCUT2D eigenvalue weighted by Crippen LogP contribution is 2.33. The van der Waals surface area contributed by atoms with Crippen LogP contribution in [0.4, 0.5) is 18.9 Å². The van der Waals surface area contributed by atoms with Gasteiger partial charge in [-0.1, -0.05) is 17.8 Å². The third-order valence-corrected chi connectivity index (χ3v) is 4.00. The quantitative estimate of drug-likeness (QED) is 0.939. The van der Waals surface area contributed by atoms with Gasteiger partial charge < -0.3 is 10.5 Å². The zero-order valence-electron chi connectivity index (χ0n) is 10.7. The zero-order chi connectivity index (χ0) is 15.6. The van der Waals surface area contributed by atoms with Gasteiger partial charge in [0, 0.05) is 5.56 Å². The molecule has 0 heterocycles. The SMILES string of the molecule is [NH3+]Cc1ccc(F)c(S(=O)(=O)[N-]c2c(F)cccc2F)c1. The van der Waals surface area contributed by atoms with Crippen LogP contribution in [0.3, 0.4) is 0 Å². The van der Waals surface area contributed by atoms with E-state index in [0.29, 0.717) is 5.56 Å². The lowest BCUT2D eigenvalue weighted by molar-refractivity contribution is -0.386. The second-order valence-electron chi connectivity index (χ2n) is 4.15. The molecule has 0 aliphatic rings. The normalized spacial score (nSPS) is 11.4. The summed E-state index contributed by atoms with van der Waals surface area (Å²) in [6.45, 7) is 0.233. The van der Waals surface area contributed by atoms with Crippen molar-refractivity contribution in [1.29, 1.82) is 0 Å². The Morgan fingerprint density at radius 3 is 2.19 bits per heavy atom. The number of nitrogens with zero attached hydrogens (tertiary/aromatic N) is 1. The molecule has 0 amide bonds. The van der Waals surface area contributed by atoms with E-state index in [1.54, 1.807) is 0 Å². The minimum atomic E-state index is -4.58. The molecule has 2 aromatic carbocycles. The lowest BCUT2D eigenvalue weighted by Crippen LogP contribution is -2.47. The molecule has 0 aliphatic heterocycles. The molecule has 8 heteroatoms. The van der Waals surface area contributed by atoms with Gasteiger partial charge in [-0.3, -0.25) is 0 Å². The fraction of sp³-hybridized carbons (Fsp3) is 0.0769. The van der Waals surface area contributed by atoms with Crippen LogP contribution in [-0.2, 0) is 16.6 Å². The average molecular weight is 316 g/mol. The molecule has 0 aromatic heterocycles. The standard InChI is InChI=1S/C13H10F3N2O2S/c14-9-5-4-8(7-17)6-12(9)21(19,20)18-13-10(15)2-1-3-11(13)16/h1-6H,7,17H2/q-1/p+1. The van der Waals surface area contributed by atoms with Gasteiger partial charge in [0.2, 0.25) is 0 Å². The maximum Gasteiger partial charge on any atom is 0.140 e. The van der Waals surface area contributed by atoms with Crippen LogP contribution in [-0.4, -0.2) is 8.42 Å². The van der Waals surface area contributed by atoms with Gasteiger partial charge in [0.05, 0.1) is 11.4 Å². The smallest absolute Gasteiger partial charge is 0.140 e. The first-order chi connectivity index (χ1) is 9.85. The van der Waals surface area contributed by atoms with Gasteiger partial charge in [0.1, 0.15) is 27.5 Å². The first-order valence-electron chi connectivity index (χ1n) is 5.85. The molecule has 4 nitrogen and oxygen atoms in total. The first-order valence-corrected chi connectivity index (χ1v) is 7.29. The summed E-state index contributed by atoms with van der Waals surface area (Å²) < 4.78 is 67.7. The molecule has 2 aromatic rings. The van der Waals surface area contributed by atoms with Crippen molar-refractivity contribution in [1.82, 2.24) is 0 Å². The summed E-state index contributed by atoms with van der Waals surface area (Å²) in [5, 5.41) is 0. The number of benzene rings is 2. The number of halogens is 3. The van der Waals surface area contributed by atoms with Crippen molar-refractivity contribution >= 4 is 15.7 Å². The van der Waals surface area contributed by atoms with Crippen LogP contribution in [0.2, 0.25) is 0 Å². The molecular formula is C13H11F3N2O2S. The Morgan fingerprint density at radius 1 is 1.00 bits per heavy atom. The van der Waals surface area contributed by atoms with Crippen molar-refractivity contribution in [3.8, 4) is 0 Å². The molecule has 0 atom stereocenters. The molecule has 0 spiro atoms. The highest BCUT2D eigenvalue weighted by atomic mass is 32.2. The number of hydrogen-bond acceptors (Lipinski definition) is 2. The lowest BCUT2D eigenvalue weighted by atomic mass is 10.2.